The monoisotopic (exact) mass is 401 g/mol. The molecule has 1 saturated heterocycles. The second-order valence-corrected chi connectivity index (χ2v) is 7.32. The van der Waals surface area contributed by atoms with E-state index in [1.165, 1.54) is 0 Å². The van der Waals surface area contributed by atoms with Crippen LogP contribution in [0.5, 0.6) is 17.2 Å². The van der Waals surface area contributed by atoms with Crippen LogP contribution >= 0.6 is 0 Å². The summed E-state index contributed by atoms with van der Waals surface area (Å²) in [7, 11) is 3.30. The van der Waals surface area contributed by atoms with Gasteiger partial charge in [0, 0.05) is 26.2 Å². The molecule has 2 aromatic carbocycles. The van der Waals surface area contributed by atoms with Gasteiger partial charge in [-0.1, -0.05) is 12.1 Å². The van der Waals surface area contributed by atoms with E-state index in [0.717, 1.165) is 49.6 Å². The van der Waals surface area contributed by atoms with Crippen molar-refractivity contribution < 1.29 is 24.1 Å². The zero-order chi connectivity index (χ0) is 20.5. The average Bonchev–Trinajstić information content (AvgIpc) is 3.25. The Balaban J connectivity index is 1.56. The van der Waals surface area contributed by atoms with Crippen LogP contribution in [-0.2, 0) is 11.3 Å². The quantitative estimate of drug-likeness (QED) is 0.624. The summed E-state index contributed by atoms with van der Waals surface area (Å²) in [6.07, 6.45) is 1.77. The van der Waals surface area contributed by atoms with Crippen molar-refractivity contribution in [1.82, 2.24) is 4.90 Å². The van der Waals surface area contributed by atoms with Crippen LogP contribution in [0.25, 0.3) is 0 Å². The van der Waals surface area contributed by atoms with Gasteiger partial charge in [0.2, 0.25) is 0 Å². The number of nitrogens with zero attached hydrogens (tertiary/aromatic N) is 1. The SMILES string of the molecule is COc1ccc(OC[C@@H](O)CN(Cc2cccc(OC)c2)C[C@H]2CCCO2)cc1. The summed E-state index contributed by atoms with van der Waals surface area (Å²) < 4.78 is 22.0. The van der Waals surface area contributed by atoms with E-state index < -0.39 is 6.10 Å². The third-order valence-corrected chi connectivity index (χ3v) is 5.00. The summed E-state index contributed by atoms with van der Waals surface area (Å²) in [5.41, 5.74) is 1.14. The second-order valence-electron chi connectivity index (χ2n) is 7.32. The molecule has 0 amide bonds. The lowest BCUT2D eigenvalue weighted by atomic mass is 10.1. The predicted molar refractivity (Wildman–Crippen MR) is 112 cm³/mol. The van der Waals surface area contributed by atoms with E-state index in [0.29, 0.717) is 12.3 Å². The first kappa shape index (κ1) is 21.4. The van der Waals surface area contributed by atoms with Gasteiger partial charge in [-0.25, -0.2) is 0 Å². The van der Waals surface area contributed by atoms with Crippen LogP contribution in [0.2, 0.25) is 0 Å². The topological polar surface area (TPSA) is 60.4 Å². The molecule has 3 rings (SSSR count). The van der Waals surface area contributed by atoms with Crippen molar-refractivity contribution in [3.8, 4) is 17.2 Å². The van der Waals surface area contributed by atoms with E-state index in [-0.39, 0.29) is 12.7 Å². The van der Waals surface area contributed by atoms with Crippen molar-refractivity contribution in [1.29, 1.82) is 0 Å². The van der Waals surface area contributed by atoms with E-state index in [1.54, 1.807) is 14.2 Å². The Bertz CT molecular complexity index is 730. The minimum atomic E-state index is -0.607. The van der Waals surface area contributed by atoms with Crippen molar-refractivity contribution in [2.45, 2.75) is 31.6 Å². The number of rotatable bonds is 11. The van der Waals surface area contributed by atoms with Gasteiger partial charge in [-0.15, -0.1) is 0 Å². The van der Waals surface area contributed by atoms with Gasteiger partial charge in [-0.3, -0.25) is 4.90 Å². The van der Waals surface area contributed by atoms with Crippen molar-refractivity contribution in [2.24, 2.45) is 0 Å². The molecule has 1 heterocycles. The normalized spacial score (nSPS) is 17.3. The molecule has 0 bridgehead atoms. The molecular weight excluding hydrogens is 370 g/mol. The molecule has 1 aliphatic heterocycles. The minimum absolute atomic E-state index is 0.218. The smallest absolute Gasteiger partial charge is 0.119 e. The van der Waals surface area contributed by atoms with Gasteiger partial charge in [0.25, 0.3) is 0 Å². The molecule has 0 aliphatic carbocycles. The van der Waals surface area contributed by atoms with Gasteiger partial charge in [0.05, 0.1) is 20.3 Å². The highest BCUT2D eigenvalue weighted by atomic mass is 16.5. The highest BCUT2D eigenvalue weighted by Crippen LogP contribution is 2.19. The van der Waals surface area contributed by atoms with Gasteiger partial charge < -0.3 is 24.1 Å². The molecule has 2 atom stereocenters. The van der Waals surface area contributed by atoms with Crippen LogP contribution in [0.1, 0.15) is 18.4 Å². The van der Waals surface area contributed by atoms with Gasteiger partial charge in [0.1, 0.15) is 30.0 Å². The van der Waals surface area contributed by atoms with Crippen molar-refractivity contribution in [3.63, 3.8) is 0 Å². The van der Waals surface area contributed by atoms with E-state index in [9.17, 15) is 5.11 Å². The number of benzene rings is 2. The largest absolute Gasteiger partial charge is 0.497 e. The Labute approximate surface area is 173 Å². The molecule has 0 aromatic heterocycles. The summed E-state index contributed by atoms with van der Waals surface area (Å²) in [4.78, 5) is 2.23. The molecule has 0 radical (unpaired) electrons. The summed E-state index contributed by atoms with van der Waals surface area (Å²) in [5.74, 6) is 2.32. The highest BCUT2D eigenvalue weighted by molar-refractivity contribution is 5.31. The summed E-state index contributed by atoms with van der Waals surface area (Å²) >= 11 is 0. The Hall–Kier alpha value is -2.28. The summed E-state index contributed by atoms with van der Waals surface area (Å²) in [5, 5.41) is 10.6. The van der Waals surface area contributed by atoms with Crippen LogP contribution in [0.3, 0.4) is 0 Å². The third-order valence-electron chi connectivity index (χ3n) is 5.00. The first-order valence-electron chi connectivity index (χ1n) is 10.1. The Morgan fingerprint density at radius 1 is 1.07 bits per heavy atom. The molecule has 158 valence electrons. The summed E-state index contributed by atoms with van der Waals surface area (Å²) in [6, 6.07) is 15.4. The zero-order valence-electron chi connectivity index (χ0n) is 17.3. The standard InChI is InChI=1S/C23H31NO5/c1-26-20-8-10-21(11-9-20)29-17-19(25)15-24(16-23-7-4-12-28-23)14-18-5-3-6-22(13-18)27-2/h3,5-6,8-11,13,19,23,25H,4,7,12,14-17H2,1-2H3/t19-,23+/m0/s1. The molecule has 6 nitrogen and oxygen atoms in total. The lowest BCUT2D eigenvalue weighted by molar-refractivity contribution is 0.0313. The van der Waals surface area contributed by atoms with E-state index in [4.69, 9.17) is 18.9 Å². The van der Waals surface area contributed by atoms with E-state index in [2.05, 4.69) is 11.0 Å². The first-order valence-corrected chi connectivity index (χ1v) is 10.1. The maximum Gasteiger partial charge on any atom is 0.119 e. The maximum atomic E-state index is 10.6. The molecule has 0 spiro atoms. The van der Waals surface area contributed by atoms with Crippen LogP contribution in [0, 0.1) is 0 Å². The van der Waals surface area contributed by atoms with E-state index >= 15 is 0 Å². The molecule has 2 aromatic rings. The van der Waals surface area contributed by atoms with Crippen molar-refractivity contribution in [3.05, 3.63) is 54.1 Å². The number of ether oxygens (including phenoxy) is 4. The fourth-order valence-electron chi connectivity index (χ4n) is 3.52. The van der Waals surface area contributed by atoms with Crippen molar-refractivity contribution >= 4 is 0 Å². The zero-order valence-corrected chi connectivity index (χ0v) is 17.3. The Kier molecular flexibility index (Phi) is 8.16. The van der Waals surface area contributed by atoms with Crippen LogP contribution in [0.4, 0.5) is 0 Å². The fourth-order valence-corrected chi connectivity index (χ4v) is 3.52. The number of hydrogen-bond acceptors (Lipinski definition) is 6. The van der Waals surface area contributed by atoms with Gasteiger partial charge >= 0.3 is 0 Å². The molecule has 1 fully saturated rings. The number of aliphatic hydroxyl groups is 1. The minimum Gasteiger partial charge on any atom is -0.497 e. The Morgan fingerprint density at radius 2 is 1.83 bits per heavy atom. The second kappa shape index (κ2) is 11.0. The number of hydrogen-bond donors (Lipinski definition) is 1. The maximum absolute atomic E-state index is 10.6. The van der Waals surface area contributed by atoms with Crippen LogP contribution < -0.4 is 14.2 Å². The molecular formula is C23H31NO5. The van der Waals surface area contributed by atoms with Gasteiger partial charge in [0.15, 0.2) is 0 Å². The highest BCUT2D eigenvalue weighted by Gasteiger charge is 2.21. The number of methoxy groups -OCH3 is 2. The first-order chi connectivity index (χ1) is 14.2. The van der Waals surface area contributed by atoms with E-state index in [1.807, 2.05) is 42.5 Å². The van der Waals surface area contributed by atoms with Gasteiger partial charge in [-0.2, -0.15) is 0 Å². The van der Waals surface area contributed by atoms with Gasteiger partial charge in [-0.05, 0) is 54.8 Å². The predicted octanol–water partition coefficient (Wildman–Crippen LogP) is 3.12. The average molecular weight is 402 g/mol. The lowest BCUT2D eigenvalue weighted by Crippen LogP contribution is -2.39. The third kappa shape index (κ3) is 6.92. The lowest BCUT2D eigenvalue weighted by Gasteiger charge is -2.27. The molecule has 1 N–H and O–H groups in total. The molecule has 1 aliphatic rings. The van der Waals surface area contributed by atoms with Crippen LogP contribution in [0.15, 0.2) is 48.5 Å². The summed E-state index contributed by atoms with van der Waals surface area (Å²) in [6.45, 7) is 3.06. The van der Waals surface area contributed by atoms with Crippen molar-refractivity contribution in [2.75, 3.05) is 40.5 Å². The fraction of sp³-hybridized carbons (Fsp3) is 0.478. The Morgan fingerprint density at radius 3 is 2.52 bits per heavy atom. The molecule has 29 heavy (non-hydrogen) atoms. The molecule has 0 saturated carbocycles. The number of aliphatic hydroxyl groups excluding tert-OH is 1. The molecule has 0 unspecified atom stereocenters. The van der Waals surface area contributed by atoms with Crippen LogP contribution in [-0.4, -0.2) is 62.7 Å². The molecule has 6 heteroatoms.